The summed E-state index contributed by atoms with van der Waals surface area (Å²) in [6.45, 7) is 4.88. The van der Waals surface area contributed by atoms with Crippen LogP contribution in [0.25, 0.3) is 0 Å². The number of hydrogen-bond donors (Lipinski definition) is 1. The molecule has 1 saturated heterocycles. The molecule has 1 aromatic carbocycles. The molecule has 2 heterocycles. The maximum absolute atomic E-state index is 12.9. The number of hydrogen-bond acceptors (Lipinski definition) is 9. The van der Waals surface area contributed by atoms with Crippen molar-refractivity contribution in [3.63, 3.8) is 0 Å². The monoisotopic (exact) mass is 547 g/mol. The van der Waals surface area contributed by atoms with Gasteiger partial charge in [0, 0.05) is 31.9 Å². The second-order valence-electron chi connectivity index (χ2n) is 7.73. The Morgan fingerprint density at radius 2 is 2.11 bits per heavy atom. The third-order valence-corrected chi connectivity index (χ3v) is 6.94. The number of ether oxygens (including phenoxy) is 3. The minimum Gasteiger partial charge on any atom is -0.583 e. The van der Waals surface area contributed by atoms with Crippen LogP contribution in [0.3, 0.4) is 0 Å². The van der Waals surface area contributed by atoms with Gasteiger partial charge in [-0.15, -0.1) is 4.52 Å². The zero-order valence-electron chi connectivity index (χ0n) is 19.1. The SMILES string of the molecule is CCOC(=O)[C@H](C)N=[P+]([O-])O[C@](C)(Oc1ccc(Cl)c(Cl)c1)[C@H]1OCC[C@@H]1n1ccc(=O)[nH]c1=O. The van der Waals surface area contributed by atoms with E-state index in [2.05, 4.69) is 9.73 Å². The fraction of sp³-hybridized carbons (Fsp3) is 0.476. The van der Waals surface area contributed by atoms with Crippen LogP contribution in [0.2, 0.25) is 10.0 Å². The second kappa shape index (κ2) is 11.6. The van der Waals surface area contributed by atoms with Crippen LogP contribution in [0.5, 0.6) is 5.75 Å². The van der Waals surface area contributed by atoms with Gasteiger partial charge in [-0.3, -0.25) is 14.3 Å². The number of aromatic nitrogens is 2. The van der Waals surface area contributed by atoms with Gasteiger partial charge >= 0.3 is 19.8 Å². The Morgan fingerprint density at radius 3 is 2.77 bits per heavy atom. The molecule has 0 bridgehead atoms. The summed E-state index contributed by atoms with van der Waals surface area (Å²) < 4.78 is 27.7. The van der Waals surface area contributed by atoms with Crippen molar-refractivity contribution >= 4 is 37.3 Å². The zero-order chi connectivity index (χ0) is 25.8. The van der Waals surface area contributed by atoms with Crippen molar-refractivity contribution in [3.05, 3.63) is 61.3 Å². The highest BCUT2D eigenvalue weighted by molar-refractivity contribution is 7.33. The first-order chi connectivity index (χ1) is 16.5. The maximum atomic E-state index is 12.9. The van der Waals surface area contributed by atoms with Crippen LogP contribution in [0, 0.1) is 0 Å². The summed E-state index contributed by atoms with van der Waals surface area (Å²) in [5.74, 6) is -2.23. The van der Waals surface area contributed by atoms with Crippen LogP contribution in [0.15, 0.2) is 44.8 Å². The van der Waals surface area contributed by atoms with E-state index in [4.69, 9.17) is 41.9 Å². The molecule has 1 fully saturated rings. The van der Waals surface area contributed by atoms with Crippen molar-refractivity contribution < 1.29 is 28.4 Å². The molecule has 190 valence electrons. The van der Waals surface area contributed by atoms with E-state index in [9.17, 15) is 19.3 Å². The predicted octanol–water partition coefficient (Wildman–Crippen LogP) is 2.79. The Balaban J connectivity index is 1.99. The van der Waals surface area contributed by atoms with Crippen molar-refractivity contribution in [1.29, 1.82) is 0 Å². The first-order valence-corrected chi connectivity index (χ1v) is 12.5. The predicted molar refractivity (Wildman–Crippen MR) is 127 cm³/mol. The van der Waals surface area contributed by atoms with Crippen molar-refractivity contribution in [3.8, 4) is 5.75 Å². The summed E-state index contributed by atoms with van der Waals surface area (Å²) >= 11 is 12.1. The number of nitrogens with one attached hydrogen (secondary N) is 1. The molecule has 3 rings (SSSR count). The molecule has 0 aliphatic carbocycles. The van der Waals surface area contributed by atoms with Crippen molar-refractivity contribution in [1.82, 2.24) is 9.55 Å². The minimum absolute atomic E-state index is 0.139. The van der Waals surface area contributed by atoms with Crippen LogP contribution in [0.1, 0.15) is 33.2 Å². The van der Waals surface area contributed by atoms with Crippen molar-refractivity contribution in [2.24, 2.45) is 4.74 Å². The number of aromatic amines is 1. The molecule has 14 heteroatoms. The molecule has 1 N–H and O–H groups in total. The Labute approximate surface area is 211 Å². The highest BCUT2D eigenvalue weighted by Crippen LogP contribution is 2.41. The molecule has 1 aromatic heterocycles. The van der Waals surface area contributed by atoms with Crippen LogP contribution in [-0.2, 0) is 18.8 Å². The molecule has 0 saturated carbocycles. The Bertz CT molecular complexity index is 1220. The lowest BCUT2D eigenvalue weighted by molar-refractivity contribution is -0.232. The second-order valence-corrected chi connectivity index (χ2v) is 9.43. The zero-order valence-corrected chi connectivity index (χ0v) is 21.5. The van der Waals surface area contributed by atoms with E-state index in [0.717, 1.165) is 0 Å². The van der Waals surface area contributed by atoms with E-state index in [1.165, 1.54) is 48.9 Å². The third kappa shape index (κ3) is 6.69. The van der Waals surface area contributed by atoms with Gasteiger partial charge in [0.1, 0.15) is 11.9 Å². The van der Waals surface area contributed by atoms with Crippen LogP contribution >= 0.6 is 31.4 Å². The summed E-state index contributed by atoms with van der Waals surface area (Å²) in [5, 5.41) is 0.498. The summed E-state index contributed by atoms with van der Waals surface area (Å²) in [4.78, 5) is 50.9. The first kappa shape index (κ1) is 27.3. The number of rotatable bonds is 9. The largest absolute Gasteiger partial charge is 0.583 e. The van der Waals surface area contributed by atoms with E-state index in [1.54, 1.807) is 6.92 Å². The Hall–Kier alpha value is -2.27. The van der Waals surface area contributed by atoms with E-state index in [1.807, 2.05) is 0 Å². The number of carbonyl (C=O) groups is 1. The topological polar surface area (TPSA) is 144 Å². The molecule has 11 nitrogen and oxygen atoms in total. The highest BCUT2D eigenvalue weighted by atomic mass is 35.5. The van der Waals surface area contributed by atoms with Crippen LogP contribution < -0.4 is 20.9 Å². The summed E-state index contributed by atoms with van der Waals surface area (Å²) in [6, 6.07) is 3.95. The van der Waals surface area contributed by atoms with E-state index < -0.39 is 49.4 Å². The lowest BCUT2D eigenvalue weighted by atomic mass is 10.0. The van der Waals surface area contributed by atoms with Gasteiger partial charge in [0.05, 0.1) is 22.7 Å². The van der Waals surface area contributed by atoms with Gasteiger partial charge in [-0.2, -0.15) is 0 Å². The Morgan fingerprint density at radius 1 is 1.37 bits per heavy atom. The van der Waals surface area contributed by atoms with E-state index in [0.29, 0.717) is 11.4 Å². The average Bonchev–Trinajstić information content (AvgIpc) is 3.27. The molecular formula is C21H24Cl2N3O8P. The number of halogens is 2. The van der Waals surface area contributed by atoms with Gasteiger partial charge in [0.15, 0.2) is 6.04 Å². The molecular weight excluding hydrogens is 524 g/mol. The fourth-order valence-corrected chi connectivity index (χ4v) is 4.75. The molecule has 0 spiro atoms. The van der Waals surface area contributed by atoms with E-state index >= 15 is 0 Å². The standard InChI is InChI=1S/C21H24Cl2N3O8P/c1-4-31-19(28)12(2)25-35(30)34-21(3,33-13-5-6-14(22)15(23)11-13)18-16(8-10-32-18)26-9-7-17(27)24-20(26)29/h5-7,9,11-12,16,18H,4,8,10H2,1-3H3,(H,24,27,29)/t12-,16-,18-,21-/m0/s1. The van der Waals surface area contributed by atoms with Gasteiger partial charge in [0.25, 0.3) is 11.3 Å². The Kier molecular flexibility index (Phi) is 9.09. The normalized spacial score (nSPS) is 20.8. The van der Waals surface area contributed by atoms with Gasteiger partial charge in [-0.05, 0) is 32.4 Å². The summed E-state index contributed by atoms with van der Waals surface area (Å²) in [5.41, 5.74) is -1.21. The first-order valence-electron chi connectivity index (χ1n) is 10.6. The fourth-order valence-electron chi connectivity index (χ4n) is 3.59. The lowest BCUT2D eigenvalue weighted by Gasteiger charge is -2.34. The van der Waals surface area contributed by atoms with Crippen LogP contribution in [0.4, 0.5) is 0 Å². The van der Waals surface area contributed by atoms with Crippen molar-refractivity contribution in [2.45, 2.75) is 51.2 Å². The number of carbonyl (C=O) groups excluding carboxylic acids is 1. The molecule has 35 heavy (non-hydrogen) atoms. The molecule has 2 aromatic rings. The van der Waals surface area contributed by atoms with Gasteiger partial charge < -0.3 is 19.1 Å². The van der Waals surface area contributed by atoms with E-state index in [-0.39, 0.29) is 24.0 Å². The molecule has 5 atom stereocenters. The van der Waals surface area contributed by atoms with Gasteiger partial charge in [-0.25, -0.2) is 9.59 Å². The lowest BCUT2D eigenvalue weighted by Crippen LogP contribution is -2.51. The molecule has 0 amide bonds. The summed E-state index contributed by atoms with van der Waals surface area (Å²) in [7, 11) is -2.81. The van der Waals surface area contributed by atoms with Crippen LogP contribution in [-0.4, -0.2) is 46.7 Å². The number of benzene rings is 1. The quantitative estimate of drug-likeness (QED) is 0.286. The highest BCUT2D eigenvalue weighted by Gasteiger charge is 2.51. The molecule has 0 radical (unpaired) electrons. The van der Waals surface area contributed by atoms with Gasteiger partial charge in [0.2, 0.25) is 0 Å². The number of esters is 1. The maximum Gasteiger partial charge on any atom is 0.346 e. The van der Waals surface area contributed by atoms with Crippen molar-refractivity contribution in [2.75, 3.05) is 13.2 Å². The summed E-state index contributed by atoms with van der Waals surface area (Å²) in [6.07, 6.45) is 0.723. The average molecular weight is 548 g/mol. The smallest absolute Gasteiger partial charge is 0.346 e. The number of H-pyrrole nitrogens is 1. The molecule has 1 aliphatic rings. The molecule has 1 aliphatic heterocycles. The molecule has 1 unspecified atom stereocenters. The number of nitrogens with zero attached hydrogens (tertiary/aromatic N) is 2. The minimum atomic E-state index is -2.81. The van der Waals surface area contributed by atoms with Gasteiger partial charge in [-0.1, -0.05) is 27.9 Å². The third-order valence-electron chi connectivity index (χ3n) is 5.15.